The van der Waals surface area contributed by atoms with Gasteiger partial charge in [-0.25, -0.2) is 14.5 Å². The van der Waals surface area contributed by atoms with Crippen LogP contribution in [0.2, 0.25) is 5.02 Å². The summed E-state index contributed by atoms with van der Waals surface area (Å²) in [5.74, 6) is 0.602. The van der Waals surface area contributed by atoms with E-state index in [0.717, 1.165) is 46.2 Å². The predicted molar refractivity (Wildman–Crippen MR) is 150 cm³/mol. The summed E-state index contributed by atoms with van der Waals surface area (Å²) in [6.07, 6.45) is 7.88. The van der Waals surface area contributed by atoms with Crippen molar-refractivity contribution < 1.29 is 0 Å². The lowest BCUT2D eigenvalue weighted by molar-refractivity contribution is 0.362. The Bertz CT molecular complexity index is 1710. The first-order valence-electron chi connectivity index (χ1n) is 12.9. The highest BCUT2D eigenvalue weighted by Gasteiger charge is 2.29. The van der Waals surface area contributed by atoms with Crippen molar-refractivity contribution in [1.82, 2.24) is 24.1 Å². The Balaban J connectivity index is 1.61. The van der Waals surface area contributed by atoms with Crippen LogP contribution in [0, 0.1) is 0 Å². The first kappa shape index (κ1) is 22.3. The molecule has 7 rings (SSSR count). The molecule has 0 unspecified atom stereocenters. The smallest absolute Gasteiger partial charge is 0.183 e. The van der Waals surface area contributed by atoms with E-state index in [-0.39, 0.29) is 0 Å². The fourth-order valence-corrected chi connectivity index (χ4v) is 6.04. The van der Waals surface area contributed by atoms with Crippen molar-refractivity contribution in [3.8, 4) is 33.8 Å². The zero-order chi connectivity index (χ0) is 24.8. The van der Waals surface area contributed by atoms with Gasteiger partial charge in [-0.2, -0.15) is 0 Å². The van der Waals surface area contributed by atoms with Gasteiger partial charge in [-0.3, -0.25) is 0 Å². The average molecular weight is 504 g/mol. The molecule has 0 radical (unpaired) electrons. The van der Waals surface area contributed by atoms with Crippen molar-refractivity contribution >= 4 is 28.3 Å². The molecule has 0 aliphatic heterocycles. The molecule has 0 atom stereocenters. The first-order chi connectivity index (χ1) is 18.3. The van der Waals surface area contributed by atoms with Gasteiger partial charge in [-0.05, 0) is 36.1 Å². The Labute approximate surface area is 220 Å². The van der Waals surface area contributed by atoms with Crippen LogP contribution in [0.15, 0.2) is 91.3 Å². The summed E-state index contributed by atoms with van der Waals surface area (Å²) < 4.78 is 4.30. The van der Waals surface area contributed by atoms with Gasteiger partial charge in [-0.15, -0.1) is 5.10 Å². The summed E-state index contributed by atoms with van der Waals surface area (Å²) in [6.45, 7) is 0. The molecule has 182 valence electrons. The molecule has 0 N–H and O–H groups in total. The summed E-state index contributed by atoms with van der Waals surface area (Å²) in [7, 11) is 0. The summed E-state index contributed by atoms with van der Waals surface area (Å²) in [4.78, 5) is 10.1. The van der Waals surface area contributed by atoms with Gasteiger partial charge in [-0.1, -0.05) is 104 Å². The maximum Gasteiger partial charge on any atom is 0.183 e. The van der Waals surface area contributed by atoms with Gasteiger partial charge in [0.2, 0.25) is 0 Å². The molecule has 37 heavy (non-hydrogen) atoms. The van der Waals surface area contributed by atoms with E-state index in [0.29, 0.717) is 16.9 Å². The lowest BCUT2D eigenvalue weighted by Crippen LogP contribution is -2.14. The molecule has 0 saturated heterocycles. The van der Waals surface area contributed by atoms with E-state index >= 15 is 0 Å². The molecule has 6 aromatic rings. The Morgan fingerprint density at radius 3 is 2.14 bits per heavy atom. The third-order valence-electron chi connectivity index (χ3n) is 7.49. The molecular formula is C31H26ClN5. The molecule has 5 nitrogen and oxygen atoms in total. The van der Waals surface area contributed by atoms with Gasteiger partial charge in [0.25, 0.3) is 0 Å². The van der Waals surface area contributed by atoms with E-state index < -0.39 is 0 Å². The third kappa shape index (κ3) is 3.73. The van der Waals surface area contributed by atoms with Crippen LogP contribution in [-0.2, 0) is 0 Å². The summed E-state index contributed by atoms with van der Waals surface area (Å²) in [5.41, 5.74) is 7.28. The minimum Gasteiger partial charge on any atom is -0.321 e. The van der Waals surface area contributed by atoms with Crippen molar-refractivity contribution in [3.05, 3.63) is 96.3 Å². The van der Waals surface area contributed by atoms with Crippen molar-refractivity contribution in [1.29, 1.82) is 0 Å². The quantitative estimate of drug-likeness (QED) is 0.243. The number of hydrogen-bond acceptors (Lipinski definition) is 3. The second-order valence-corrected chi connectivity index (χ2v) is 10.2. The molecule has 1 aliphatic carbocycles. The summed E-state index contributed by atoms with van der Waals surface area (Å²) >= 11 is 6.53. The average Bonchev–Trinajstić information content (AvgIpc) is 3.54. The van der Waals surface area contributed by atoms with E-state index in [1.54, 1.807) is 10.8 Å². The van der Waals surface area contributed by atoms with E-state index in [1.807, 2.05) is 24.3 Å². The van der Waals surface area contributed by atoms with Crippen LogP contribution >= 0.6 is 11.6 Å². The topological polar surface area (TPSA) is 48.0 Å². The lowest BCUT2D eigenvalue weighted by Gasteiger charge is -2.26. The summed E-state index contributed by atoms with van der Waals surface area (Å²) in [6, 6.07) is 29.4. The summed E-state index contributed by atoms with van der Waals surface area (Å²) in [5, 5.41) is 6.47. The van der Waals surface area contributed by atoms with E-state index in [9.17, 15) is 0 Å². The number of fused-ring (bicyclic) bond motifs is 3. The number of benzene rings is 3. The van der Waals surface area contributed by atoms with Gasteiger partial charge in [0.15, 0.2) is 11.5 Å². The van der Waals surface area contributed by atoms with Crippen molar-refractivity contribution in [2.75, 3.05) is 0 Å². The molecule has 1 fully saturated rings. The first-order valence-corrected chi connectivity index (χ1v) is 13.3. The van der Waals surface area contributed by atoms with Gasteiger partial charge >= 0.3 is 0 Å². The van der Waals surface area contributed by atoms with E-state index in [2.05, 4.69) is 65.2 Å². The minimum atomic E-state index is 0.393. The maximum absolute atomic E-state index is 6.53. The van der Waals surface area contributed by atoms with Crippen LogP contribution in [0.1, 0.15) is 38.1 Å². The fraction of sp³-hybridized carbons (Fsp3) is 0.194. The van der Waals surface area contributed by atoms with Gasteiger partial charge in [0.05, 0.1) is 16.1 Å². The minimum absolute atomic E-state index is 0.393. The zero-order valence-electron chi connectivity index (χ0n) is 20.4. The molecular weight excluding hydrogens is 478 g/mol. The number of halogens is 1. The molecule has 3 aromatic heterocycles. The van der Waals surface area contributed by atoms with Crippen molar-refractivity contribution in [3.63, 3.8) is 0 Å². The number of rotatable bonds is 4. The third-order valence-corrected chi connectivity index (χ3v) is 7.82. The highest BCUT2D eigenvalue weighted by molar-refractivity contribution is 6.33. The normalized spacial score (nSPS) is 14.5. The van der Waals surface area contributed by atoms with Crippen LogP contribution in [0.3, 0.4) is 0 Å². The number of hydrogen-bond donors (Lipinski definition) is 0. The van der Waals surface area contributed by atoms with E-state index in [1.165, 1.54) is 30.5 Å². The Kier molecular flexibility index (Phi) is 5.51. The monoisotopic (exact) mass is 503 g/mol. The van der Waals surface area contributed by atoms with Crippen LogP contribution in [0.5, 0.6) is 0 Å². The fourth-order valence-electron chi connectivity index (χ4n) is 5.82. The molecule has 1 saturated carbocycles. The molecule has 0 bridgehead atoms. The molecule has 3 aromatic carbocycles. The predicted octanol–water partition coefficient (Wildman–Crippen LogP) is 8.24. The largest absolute Gasteiger partial charge is 0.321 e. The molecule has 6 heteroatoms. The molecule has 0 amide bonds. The standard InChI is InChI=1S/C31H26ClN5/c32-25-19-11-10-18-24(25)29-34-31-27-26(21-12-4-1-5-13-21)28(22-14-6-2-7-15-22)37(23-16-8-3-9-17-23)30(27)33-20-36(31)35-29/h1-2,4-7,10-15,18-20,23H,3,8-9,16-17H2. The number of aromatic nitrogens is 5. The highest BCUT2D eigenvalue weighted by Crippen LogP contribution is 2.45. The second kappa shape index (κ2) is 9.16. The van der Waals surface area contributed by atoms with E-state index in [4.69, 9.17) is 26.7 Å². The molecule has 1 aliphatic rings. The zero-order valence-corrected chi connectivity index (χ0v) is 21.1. The van der Waals surface area contributed by atoms with Gasteiger partial charge < -0.3 is 4.57 Å². The van der Waals surface area contributed by atoms with Crippen LogP contribution in [-0.4, -0.2) is 24.1 Å². The SMILES string of the molecule is Clc1ccccc1-c1nc2c3c(-c4ccccc4)c(-c4ccccc4)n(C4CCCCC4)c3ncn2n1. The van der Waals surface area contributed by atoms with Crippen LogP contribution in [0.4, 0.5) is 0 Å². The molecule has 3 heterocycles. The molecule has 0 spiro atoms. The van der Waals surface area contributed by atoms with Crippen molar-refractivity contribution in [2.45, 2.75) is 38.1 Å². The lowest BCUT2D eigenvalue weighted by atomic mass is 9.94. The van der Waals surface area contributed by atoms with Gasteiger partial charge in [0.1, 0.15) is 12.0 Å². The maximum atomic E-state index is 6.53. The Hall–Kier alpha value is -3.96. The Morgan fingerprint density at radius 1 is 0.730 bits per heavy atom. The van der Waals surface area contributed by atoms with Crippen molar-refractivity contribution in [2.24, 2.45) is 0 Å². The number of nitrogens with zero attached hydrogens (tertiary/aromatic N) is 5. The van der Waals surface area contributed by atoms with Crippen LogP contribution < -0.4 is 0 Å². The van der Waals surface area contributed by atoms with Gasteiger partial charge in [0, 0.05) is 17.2 Å². The second-order valence-electron chi connectivity index (χ2n) is 9.74. The Morgan fingerprint density at radius 2 is 1.41 bits per heavy atom. The highest BCUT2D eigenvalue weighted by atomic mass is 35.5. The van der Waals surface area contributed by atoms with Crippen LogP contribution in [0.25, 0.3) is 50.5 Å².